The Bertz CT molecular complexity index is 994. The van der Waals surface area contributed by atoms with E-state index in [0.29, 0.717) is 6.61 Å². The van der Waals surface area contributed by atoms with E-state index in [1.165, 1.54) is 0 Å². The molecule has 33 heavy (non-hydrogen) atoms. The van der Waals surface area contributed by atoms with Crippen LogP contribution in [0.2, 0.25) is 0 Å². The molecule has 172 valence electrons. The fourth-order valence-electron chi connectivity index (χ4n) is 3.56. The van der Waals surface area contributed by atoms with Gasteiger partial charge in [0.1, 0.15) is 6.10 Å². The predicted molar refractivity (Wildman–Crippen MR) is 136 cm³/mol. The van der Waals surface area contributed by atoms with Gasteiger partial charge in [-0.05, 0) is 21.4 Å². The van der Waals surface area contributed by atoms with Crippen molar-refractivity contribution in [2.24, 2.45) is 5.41 Å². The van der Waals surface area contributed by atoms with Crippen molar-refractivity contribution in [2.75, 3.05) is 13.2 Å². The third-order valence-electron chi connectivity index (χ3n) is 5.39. The molecule has 3 aromatic carbocycles. The molecule has 3 aromatic rings. The second-order valence-electron chi connectivity index (χ2n) is 8.96. The van der Waals surface area contributed by atoms with Crippen molar-refractivity contribution in [3.63, 3.8) is 0 Å². The summed E-state index contributed by atoms with van der Waals surface area (Å²) in [6, 6.07) is 29.7. The SMILES string of the molecule is CC(C)(C)C(C[N+](=O)[O-])O[Si](OC/C=C/c1ccccc1)(c1ccccc1)c1ccccc1. The summed E-state index contributed by atoms with van der Waals surface area (Å²) in [5.41, 5.74) is 0.632. The van der Waals surface area contributed by atoms with E-state index in [9.17, 15) is 10.1 Å². The Kier molecular flexibility index (Phi) is 8.33. The Hall–Kier alpha value is -3.06. The van der Waals surface area contributed by atoms with Crippen LogP contribution < -0.4 is 10.4 Å². The maximum Gasteiger partial charge on any atom is 0.407 e. The maximum atomic E-state index is 11.5. The lowest BCUT2D eigenvalue weighted by molar-refractivity contribution is -0.493. The summed E-state index contributed by atoms with van der Waals surface area (Å²) in [7, 11) is -3.28. The van der Waals surface area contributed by atoms with Gasteiger partial charge in [-0.3, -0.25) is 10.1 Å². The zero-order valence-corrected chi connectivity index (χ0v) is 20.4. The van der Waals surface area contributed by atoms with Gasteiger partial charge in [-0.15, -0.1) is 0 Å². The minimum absolute atomic E-state index is 0.291. The highest BCUT2D eigenvalue weighted by molar-refractivity contribution is 6.92. The van der Waals surface area contributed by atoms with Crippen LogP contribution >= 0.6 is 0 Å². The lowest BCUT2D eigenvalue weighted by Gasteiger charge is -2.38. The molecule has 1 unspecified atom stereocenters. The molecule has 0 fully saturated rings. The van der Waals surface area contributed by atoms with Gasteiger partial charge in [0.05, 0.1) is 6.61 Å². The highest BCUT2D eigenvalue weighted by Gasteiger charge is 2.48. The predicted octanol–water partition coefficient (Wildman–Crippen LogP) is 4.68. The van der Waals surface area contributed by atoms with Gasteiger partial charge in [0.15, 0.2) is 0 Å². The first kappa shape index (κ1) is 24.6. The van der Waals surface area contributed by atoms with Crippen LogP contribution in [0.15, 0.2) is 97.1 Å². The second-order valence-corrected chi connectivity index (χ2v) is 11.9. The van der Waals surface area contributed by atoms with Gasteiger partial charge < -0.3 is 8.85 Å². The van der Waals surface area contributed by atoms with Crippen LogP contribution in [0.3, 0.4) is 0 Å². The fraction of sp³-hybridized carbons (Fsp3) is 0.259. The van der Waals surface area contributed by atoms with Gasteiger partial charge in [0, 0.05) is 4.92 Å². The van der Waals surface area contributed by atoms with Crippen molar-refractivity contribution < 1.29 is 13.8 Å². The van der Waals surface area contributed by atoms with Crippen LogP contribution in [-0.2, 0) is 8.85 Å². The van der Waals surface area contributed by atoms with Crippen molar-refractivity contribution in [1.29, 1.82) is 0 Å². The van der Waals surface area contributed by atoms with Gasteiger partial charge in [-0.2, -0.15) is 0 Å². The topological polar surface area (TPSA) is 61.6 Å². The molecule has 0 bridgehead atoms. The van der Waals surface area contributed by atoms with Crippen LogP contribution in [0, 0.1) is 15.5 Å². The summed E-state index contributed by atoms with van der Waals surface area (Å²) in [4.78, 5) is 11.2. The third-order valence-corrected chi connectivity index (χ3v) is 8.77. The summed E-state index contributed by atoms with van der Waals surface area (Å²) in [5.74, 6) is 0. The van der Waals surface area contributed by atoms with Gasteiger partial charge in [0.25, 0.3) is 0 Å². The number of rotatable bonds is 10. The van der Waals surface area contributed by atoms with Crippen LogP contribution in [0.1, 0.15) is 26.3 Å². The molecule has 0 aromatic heterocycles. The van der Waals surface area contributed by atoms with E-state index in [2.05, 4.69) is 0 Å². The van der Waals surface area contributed by atoms with Crippen molar-refractivity contribution in [3.05, 3.63) is 113 Å². The molecule has 0 N–H and O–H groups in total. The molecule has 0 heterocycles. The van der Waals surface area contributed by atoms with E-state index in [4.69, 9.17) is 8.85 Å². The molecule has 0 saturated heterocycles. The average molecular weight is 462 g/mol. The molecule has 0 amide bonds. The monoisotopic (exact) mass is 461 g/mol. The minimum atomic E-state index is -3.28. The minimum Gasteiger partial charge on any atom is -0.384 e. The van der Waals surface area contributed by atoms with E-state index in [-0.39, 0.29) is 11.5 Å². The van der Waals surface area contributed by atoms with Gasteiger partial charge >= 0.3 is 8.56 Å². The highest BCUT2D eigenvalue weighted by Crippen LogP contribution is 2.26. The van der Waals surface area contributed by atoms with E-state index in [0.717, 1.165) is 15.9 Å². The molecule has 0 aliphatic heterocycles. The summed E-state index contributed by atoms with van der Waals surface area (Å²) in [5, 5.41) is 13.4. The van der Waals surface area contributed by atoms with Crippen molar-refractivity contribution in [2.45, 2.75) is 26.9 Å². The summed E-state index contributed by atoms with van der Waals surface area (Å²) in [6.07, 6.45) is 3.34. The lowest BCUT2D eigenvalue weighted by atomic mass is 9.89. The van der Waals surface area contributed by atoms with Crippen molar-refractivity contribution in [3.8, 4) is 0 Å². The number of nitrogens with zero attached hydrogens (tertiary/aromatic N) is 1. The van der Waals surface area contributed by atoms with Crippen LogP contribution in [0.25, 0.3) is 6.08 Å². The number of nitro groups is 1. The summed E-state index contributed by atoms with van der Waals surface area (Å²) < 4.78 is 13.4. The Labute approximate surface area is 197 Å². The molecule has 0 spiro atoms. The van der Waals surface area contributed by atoms with Gasteiger partial charge in [-0.25, -0.2) is 0 Å². The second kappa shape index (κ2) is 11.2. The first-order valence-corrected chi connectivity index (χ1v) is 12.9. The van der Waals surface area contributed by atoms with Crippen LogP contribution in [-0.4, -0.2) is 32.7 Å². The first-order valence-electron chi connectivity index (χ1n) is 11.1. The molecule has 6 heteroatoms. The average Bonchev–Trinajstić information content (AvgIpc) is 2.81. The Balaban J connectivity index is 2.04. The molecule has 0 radical (unpaired) electrons. The normalized spacial score (nSPS) is 13.2. The quantitative estimate of drug-likeness (QED) is 0.250. The molecule has 0 aliphatic carbocycles. The maximum absolute atomic E-state index is 11.5. The van der Waals surface area contributed by atoms with Gasteiger partial charge in [0.2, 0.25) is 6.54 Å². The first-order chi connectivity index (χ1) is 15.8. The molecule has 5 nitrogen and oxygen atoms in total. The largest absolute Gasteiger partial charge is 0.407 e. The summed E-state index contributed by atoms with van der Waals surface area (Å²) >= 11 is 0. The fourth-order valence-corrected chi connectivity index (χ4v) is 6.99. The number of hydrogen-bond acceptors (Lipinski definition) is 4. The summed E-state index contributed by atoms with van der Waals surface area (Å²) in [6.45, 7) is 5.92. The van der Waals surface area contributed by atoms with Crippen LogP contribution in [0.4, 0.5) is 0 Å². The lowest BCUT2D eigenvalue weighted by Crippen LogP contribution is -2.66. The third kappa shape index (κ3) is 6.71. The van der Waals surface area contributed by atoms with Crippen molar-refractivity contribution >= 4 is 25.0 Å². The van der Waals surface area contributed by atoms with E-state index >= 15 is 0 Å². The zero-order chi connectivity index (χ0) is 23.7. The van der Waals surface area contributed by atoms with Gasteiger partial charge in [-0.1, -0.05) is 124 Å². The molecular formula is C27H31NO4Si. The molecule has 3 rings (SSSR count). The number of benzene rings is 3. The molecule has 0 saturated carbocycles. The highest BCUT2D eigenvalue weighted by atomic mass is 28.4. The van der Waals surface area contributed by atoms with E-state index < -0.39 is 20.1 Å². The standard InChI is InChI=1S/C27H31NO4Si/c1-27(2,3)26(22-28(29)30)32-33(24-17-9-5-10-18-24,25-19-11-6-12-20-25)31-21-13-16-23-14-7-4-8-15-23/h4-20,26H,21-22H2,1-3H3/b16-13+. The van der Waals surface area contributed by atoms with E-state index in [1.54, 1.807) is 0 Å². The van der Waals surface area contributed by atoms with Crippen LogP contribution in [0.5, 0.6) is 0 Å². The molecular weight excluding hydrogens is 430 g/mol. The smallest absolute Gasteiger partial charge is 0.384 e. The number of hydrogen-bond donors (Lipinski definition) is 0. The zero-order valence-electron chi connectivity index (χ0n) is 19.4. The Morgan fingerprint density at radius 3 is 1.82 bits per heavy atom. The Morgan fingerprint density at radius 1 is 0.879 bits per heavy atom. The molecule has 1 atom stereocenters. The van der Waals surface area contributed by atoms with E-state index in [1.807, 2.05) is 124 Å². The Morgan fingerprint density at radius 2 is 1.36 bits per heavy atom. The van der Waals surface area contributed by atoms with Crippen molar-refractivity contribution in [1.82, 2.24) is 0 Å². The molecule has 0 aliphatic rings.